The highest BCUT2D eigenvalue weighted by atomic mass is 19.1. The number of piperidine rings is 1. The van der Waals surface area contributed by atoms with Crippen LogP contribution in [0.5, 0.6) is 23.1 Å². The lowest BCUT2D eigenvalue weighted by Crippen LogP contribution is -2.34. The van der Waals surface area contributed by atoms with Gasteiger partial charge in [0.25, 0.3) is 5.91 Å². The van der Waals surface area contributed by atoms with E-state index in [-0.39, 0.29) is 29.2 Å². The number of carbonyl (C=O) groups is 1. The third-order valence-corrected chi connectivity index (χ3v) is 7.52. The summed E-state index contributed by atoms with van der Waals surface area (Å²) in [4.78, 5) is 24.7. The van der Waals surface area contributed by atoms with Crippen LogP contribution in [-0.4, -0.2) is 53.6 Å². The van der Waals surface area contributed by atoms with E-state index in [1.165, 1.54) is 12.3 Å². The molecule has 1 atom stereocenters. The summed E-state index contributed by atoms with van der Waals surface area (Å²) in [5.74, 6) is 0.641. The van der Waals surface area contributed by atoms with Crippen LogP contribution in [0.1, 0.15) is 48.2 Å². The number of hydrogen-bond acceptors (Lipinski definition) is 8. The molecule has 0 radical (unpaired) electrons. The van der Waals surface area contributed by atoms with Gasteiger partial charge in [0.2, 0.25) is 11.8 Å². The zero-order valence-electron chi connectivity index (χ0n) is 26.4. The molecule has 1 aromatic heterocycles. The van der Waals surface area contributed by atoms with Gasteiger partial charge in [0.05, 0.1) is 12.7 Å². The van der Waals surface area contributed by atoms with Gasteiger partial charge >= 0.3 is 0 Å². The van der Waals surface area contributed by atoms with E-state index >= 15 is 4.39 Å². The molecule has 4 aromatic rings. The molecule has 5 rings (SSSR count). The van der Waals surface area contributed by atoms with Crippen LogP contribution in [0.25, 0.3) is 0 Å². The lowest BCUT2D eigenvalue weighted by Gasteiger charge is -2.29. The number of para-hydroxylation sites is 3. The van der Waals surface area contributed by atoms with E-state index in [1.54, 1.807) is 30.3 Å². The molecule has 3 aromatic carbocycles. The number of halogens is 1. The minimum Gasteiger partial charge on any atom is -0.490 e. The molecule has 2 N–H and O–H groups in total. The second kappa shape index (κ2) is 14.4. The van der Waals surface area contributed by atoms with E-state index in [9.17, 15) is 4.79 Å². The molecule has 1 saturated heterocycles. The summed E-state index contributed by atoms with van der Waals surface area (Å²) in [6, 6.07) is 17.6. The van der Waals surface area contributed by atoms with Crippen LogP contribution < -0.4 is 24.8 Å². The van der Waals surface area contributed by atoms with Gasteiger partial charge in [-0.05, 0) is 89.5 Å². The van der Waals surface area contributed by atoms with Gasteiger partial charge in [-0.25, -0.2) is 9.37 Å². The van der Waals surface area contributed by atoms with Crippen LogP contribution >= 0.6 is 0 Å². The Kier molecular flexibility index (Phi) is 10.1. The molecule has 1 aliphatic heterocycles. The highest BCUT2D eigenvalue weighted by molar-refractivity contribution is 6.06. The minimum absolute atomic E-state index is 0.00826. The maximum absolute atomic E-state index is 15.0. The van der Waals surface area contributed by atoms with E-state index in [0.717, 1.165) is 37.1 Å². The summed E-state index contributed by atoms with van der Waals surface area (Å²) in [5.41, 5.74) is 3.07. The van der Waals surface area contributed by atoms with Crippen molar-refractivity contribution >= 4 is 23.2 Å². The number of benzene rings is 3. The van der Waals surface area contributed by atoms with E-state index in [1.807, 2.05) is 52.0 Å². The number of likely N-dealkylation sites (tertiary alicyclic amines) is 1. The van der Waals surface area contributed by atoms with Crippen molar-refractivity contribution in [3.63, 3.8) is 0 Å². The molecular weight excluding hydrogens is 573 g/mol. The number of nitrogens with one attached hydrogen (secondary N) is 2. The topological polar surface area (TPSA) is 97.8 Å². The molecule has 10 heteroatoms. The van der Waals surface area contributed by atoms with Crippen molar-refractivity contribution in [2.24, 2.45) is 5.92 Å². The van der Waals surface area contributed by atoms with Crippen LogP contribution in [0.3, 0.4) is 0 Å². The molecule has 2 heterocycles. The molecule has 1 aliphatic rings. The molecule has 0 bridgehead atoms. The first kappa shape index (κ1) is 31.7. The van der Waals surface area contributed by atoms with Gasteiger partial charge < -0.3 is 29.7 Å². The Morgan fingerprint density at radius 3 is 2.51 bits per heavy atom. The van der Waals surface area contributed by atoms with E-state index in [0.29, 0.717) is 35.4 Å². The van der Waals surface area contributed by atoms with Crippen LogP contribution in [0.2, 0.25) is 0 Å². The van der Waals surface area contributed by atoms with Gasteiger partial charge in [-0.15, -0.1) is 0 Å². The van der Waals surface area contributed by atoms with E-state index < -0.39 is 11.7 Å². The molecule has 0 aliphatic carbocycles. The standard InChI is InChI=1S/C35H40FN5O4/c1-22(2)44-30-13-6-7-14-31(30)45-34-27(33(42)39-32-23(3)10-8-11-24(32)4)19-37-35(40-34)38-26-15-16-29(28(36)18-26)43-21-25-12-9-17-41(5)20-25/h6-8,10-11,13-16,18-19,22,25H,9,12,17,20-21H2,1-5H3,(H,39,42)(H,37,38,40). The van der Waals surface area contributed by atoms with Gasteiger partial charge in [-0.1, -0.05) is 30.3 Å². The third kappa shape index (κ3) is 8.27. The maximum Gasteiger partial charge on any atom is 0.262 e. The first-order chi connectivity index (χ1) is 21.7. The predicted octanol–water partition coefficient (Wildman–Crippen LogP) is 7.53. The number of aryl methyl sites for hydroxylation is 2. The van der Waals surface area contributed by atoms with Gasteiger partial charge in [0.1, 0.15) is 5.56 Å². The van der Waals surface area contributed by atoms with Crippen molar-refractivity contribution in [1.29, 1.82) is 0 Å². The number of aromatic nitrogens is 2. The summed E-state index contributed by atoms with van der Waals surface area (Å²) in [7, 11) is 2.09. The monoisotopic (exact) mass is 613 g/mol. The highest BCUT2D eigenvalue weighted by Crippen LogP contribution is 2.34. The molecule has 0 saturated carbocycles. The summed E-state index contributed by atoms with van der Waals surface area (Å²) >= 11 is 0. The Balaban J connectivity index is 1.39. The van der Waals surface area contributed by atoms with Crippen LogP contribution in [0.4, 0.5) is 21.7 Å². The third-order valence-electron chi connectivity index (χ3n) is 7.52. The largest absolute Gasteiger partial charge is 0.490 e. The molecule has 236 valence electrons. The van der Waals surface area contributed by atoms with Gasteiger partial charge in [-0.2, -0.15) is 4.98 Å². The van der Waals surface area contributed by atoms with Gasteiger partial charge in [0, 0.05) is 36.1 Å². The van der Waals surface area contributed by atoms with Crippen LogP contribution in [0.15, 0.2) is 66.9 Å². The van der Waals surface area contributed by atoms with Crippen molar-refractivity contribution in [2.45, 2.75) is 46.6 Å². The van der Waals surface area contributed by atoms with Gasteiger partial charge in [-0.3, -0.25) is 4.79 Å². The van der Waals surface area contributed by atoms with Gasteiger partial charge in [0.15, 0.2) is 23.1 Å². The lowest BCUT2D eigenvalue weighted by molar-refractivity contribution is 0.102. The van der Waals surface area contributed by atoms with E-state index in [4.69, 9.17) is 14.2 Å². The quantitative estimate of drug-likeness (QED) is 0.179. The smallest absolute Gasteiger partial charge is 0.262 e. The number of hydrogen-bond donors (Lipinski definition) is 2. The molecule has 0 spiro atoms. The van der Waals surface area contributed by atoms with Crippen molar-refractivity contribution in [2.75, 3.05) is 37.4 Å². The summed E-state index contributed by atoms with van der Waals surface area (Å²) in [5, 5.41) is 5.99. The zero-order chi connectivity index (χ0) is 31.9. The zero-order valence-corrected chi connectivity index (χ0v) is 26.4. The van der Waals surface area contributed by atoms with E-state index in [2.05, 4.69) is 32.5 Å². The summed E-state index contributed by atoms with van der Waals surface area (Å²) in [6.45, 7) is 10.2. The number of rotatable bonds is 11. The normalized spacial score (nSPS) is 15.0. The molecule has 1 fully saturated rings. The fraction of sp³-hybridized carbons (Fsp3) is 0.343. The highest BCUT2D eigenvalue weighted by Gasteiger charge is 2.21. The van der Waals surface area contributed by atoms with Crippen molar-refractivity contribution in [3.8, 4) is 23.1 Å². The maximum atomic E-state index is 15.0. The molecular formula is C35H40FN5O4. The Labute approximate surface area is 263 Å². The SMILES string of the molecule is Cc1cccc(C)c1NC(=O)c1cnc(Nc2ccc(OCC3CCCN(C)C3)c(F)c2)nc1Oc1ccccc1OC(C)C. The lowest BCUT2D eigenvalue weighted by atomic mass is 10.00. The Morgan fingerprint density at radius 2 is 1.80 bits per heavy atom. The number of amides is 1. The molecule has 1 unspecified atom stereocenters. The number of ether oxygens (including phenoxy) is 3. The van der Waals surface area contributed by atoms with Crippen LogP contribution in [0, 0.1) is 25.6 Å². The first-order valence-corrected chi connectivity index (χ1v) is 15.2. The Bertz CT molecular complexity index is 1630. The van der Waals surface area contributed by atoms with Crippen LogP contribution in [-0.2, 0) is 0 Å². The second-order valence-corrected chi connectivity index (χ2v) is 11.7. The van der Waals surface area contributed by atoms with Crippen molar-refractivity contribution < 1.29 is 23.4 Å². The molecule has 45 heavy (non-hydrogen) atoms. The Hall–Kier alpha value is -4.70. The summed E-state index contributed by atoms with van der Waals surface area (Å²) < 4.78 is 33.0. The second-order valence-electron chi connectivity index (χ2n) is 11.7. The minimum atomic E-state index is -0.495. The number of nitrogens with zero attached hydrogens (tertiary/aromatic N) is 3. The average molecular weight is 614 g/mol. The molecule has 1 amide bonds. The van der Waals surface area contributed by atoms with Crippen molar-refractivity contribution in [3.05, 3.63) is 89.4 Å². The average Bonchev–Trinajstić information content (AvgIpc) is 2.99. The molecule has 9 nitrogen and oxygen atoms in total. The fourth-order valence-corrected chi connectivity index (χ4v) is 5.28. The van der Waals surface area contributed by atoms with Crippen molar-refractivity contribution in [1.82, 2.24) is 14.9 Å². The first-order valence-electron chi connectivity index (χ1n) is 15.2. The number of anilines is 3. The Morgan fingerprint density at radius 1 is 1.04 bits per heavy atom. The fourth-order valence-electron chi connectivity index (χ4n) is 5.28. The predicted molar refractivity (Wildman–Crippen MR) is 174 cm³/mol. The number of carbonyl (C=O) groups excluding carboxylic acids is 1. The summed E-state index contributed by atoms with van der Waals surface area (Å²) in [6.07, 6.45) is 3.47.